The SMILES string of the molecule is CCCCCCN(C)C(C)CC(=N)N. The molecule has 0 aromatic carbocycles. The van der Waals surface area contributed by atoms with Crippen molar-refractivity contribution < 1.29 is 0 Å². The molecule has 0 aliphatic rings. The standard InChI is InChI=1S/C11H25N3/c1-4-5-6-7-8-14(3)10(2)9-11(12)13/h10H,4-9H2,1-3H3,(H3,12,13). The second-order valence-corrected chi connectivity index (χ2v) is 4.12. The van der Waals surface area contributed by atoms with Gasteiger partial charge in [0.25, 0.3) is 0 Å². The van der Waals surface area contributed by atoms with Crippen molar-refractivity contribution >= 4 is 5.84 Å². The van der Waals surface area contributed by atoms with Crippen LogP contribution in [0.25, 0.3) is 0 Å². The smallest absolute Gasteiger partial charge is 0.0920 e. The van der Waals surface area contributed by atoms with E-state index < -0.39 is 0 Å². The number of hydrogen-bond acceptors (Lipinski definition) is 2. The summed E-state index contributed by atoms with van der Waals surface area (Å²) in [6.07, 6.45) is 5.87. The number of nitrogens with one attached hydrogen (secondary N) is 1. The number of nitrogens with two attached hydrogens (primary N) is 1. The Balaban J connectivity index is 3.51. The lowest BCUT2D eigenvalue weighted by atomic mass is 10.1. The van der Waals surface area contributed by atoms with Gasteiger partial charge in [-0.15, -0.1) is 0 Å². The Hall–Kier alpha value is -0.570. The normalized spacial score (nSPS) is 13.1. The predicted octanol–water partition coefficient (Wildman–Crippen LogP) is 2.21. The third kappa shape index (κ3) is 6.89. The minimum Gasteiger partial charge on any atom is -0.388 e. The van der Waals surface area contributed by atoms with Gasteiger partial charge in [0.05, 0.1) is 5.84 Å². The van der Waals surface area contributed by atoms with Crippen LogP contribution in [0.1, 0.15) is 46.0 Å². The topological polar surface area (TPSA) is 53.1 Å². The summed E-state index contributed by atoms with van der Waals surface area (Å²) in [6, 6.07) is 0.397. The number of hydrogen-bond donors (Lipinski definition) is 2. The van der Waals surface area contributed by atoms with Gasteiger partial charge in [0.1, 0.15) is 0 Å². The van der Waals surface area contributed by atoms with Crippen LogP contribution < -0.4 is 5.73 Å². The molecule has 0 spiro atoms. The Kier molecular flexibility index (Phi) is 7.48. The molecule has 0 aliphatic carbocycles. The average Bonchev–Trinajstić information content (AvgIpc) is 2.11. The molecule has 0 fully saturated rings. The molecule has 0 amide bonds. The summed E-state index contributed by atoms with van der Waals surface area (Å²) in [4.78, 5) is 2.29. The lowest BCUT2D eigenvalue weighted by Gasteiger charge is -2.24. The zero-order valence-electron chi connectivity index (χ0n) is 9.84. The van der Waals surface area contributed by atoms with Gasteiger partial charge in [0, 0.05) is 12.5 Å². The summed E-state index contributed by atoms with van der Waals surface area (Å²) in [6.45, 7) is 5.47. The maximum Gasteiger partial charge on any atom is 0.0920 e. The molecule has 3 nitrogen and oxygen atoms in total. The van der Waals surface area contributed by atoms with Crippen molar-refractivity contribution in [2.75, 3.05) is 13.6 Å². The summed E-state index contributed by atoms with van der Waals surface area (Å²) in [7, 11) is 2.11. The van der Waals surface area contributed by atoms with Crippen molar-refractivity contribution in [2.24, 2.45) is 5.73 Å². The highest BCUT2D eigenvalue weighted by atomic mass is 15.1. The van der Waals surface area contributed by atoms with E-state index in [-0.39, 0.29) is 5.84 Å². The van der Waals surface area contributed by atoms with Crippen LogP contribution >= 0.6 is 0 Å². The fourth-order valence-electron chi connectivity index (χ4n) is 1.48. The number of unbranched alkanes of at least 4 members (excludes halogenated alkanes) is 3. The second-order valence-electron chi connectivity index (χ2n) is 4.12. The summed E-state index contributed by atoms with van der Waals surface area (Å²) >= 11 is 0. The van der Waals surface area contributed by atoms with Crippen molar-refractivity contribution in [3.8, 4) is 0 Å². The maximum absolute atomic E-state index is 7.21. The lowest BCUT2D eigenvalue weighted by Crippen LogP contribution is -2.33. The monoisotopic (exact) mass is 199 g/mol. The van der Waals surface area contributed by atoms with Crippen molar-refractivity contribution in [1.29, 1.82) is 5.41 Å². The van der Waals surface area contributed by atoms with Gasteiger partial charge in [0.15, 0.2) is 0 Å². The Morgan fingerprint density at radius 1 is 1.36 bits per heavy atom. The third-order valence-corrected chi connectivity index (χ3v) is 2.63. The largest absolute Gasteiger partial charge is 0.388 e. The number of nitrogens with zero attached hydrogens (tertiary/aromatic N) is 1. The molecule has 0 aliphatic heterocycles. The molecule has 0 rings (SSSR count). The highest BCUT2D eigenvalue weighted by Crippen LogP contribution is 2.05. The van der Waals surface area contributed by atoms with Crippen LogP contribution in [0, 0.1) is 5.41 Å². The summed E-state index contributed by atoms with van der Waals surface area (Å²) in [5.74, 6) is 0.290. The van der Waals surface area contributed by atoms with Crippen LogP contribution in [0.15, 0.2) is 0 Å². The first-order valence-electron chi connectivity index (χ1n) is 5.61. The van der Waals surface area contributed by atoms with Gasteiger partial charge in [-0.3, -0.25) is 5.41 Å². The third-order valence-electron chi connectivity index (χ3n) is 2.63. The zero-order chi connectivity index (χ0) is 11.0. The Labute approximate surface area is 88.2 Å². The second kappa shape index (κ2) is 7.80. The van der Waals surface area contributed by atoms with Gasteiger partial charge < -0.3 is 10.6 Å². The average molecular weight is 199 g/mol. The molecule has 14 heavy (non-hydrogen) atoms. The van der Waals surface area contributed by atoms with Gasteiger partial charge in [0.2, 0.25) is 0 Å². The van der Waals surface area contributed by atoms with Crippen molar-refractivity contribution in [3.05, 3.63) is 0 Å². The molecule has 0 bridgehead atoms. The molecule has 3 N–H and O–H groups in total. The number of rotatable bonds is 8. The van der Waals surface area contributed by atoms with Crippen LogP contribution in [-0.4, -0.2) is 30.4 Å². The molecular weight excluding hydrogens is 174 g/mol. The summed E-state index contributed by atoms with van der Waals surface area (Å²) in [5, 5.41) is 7.21. The van der Waals surface area contributed by atoms with Crippen LogP contribution in [0.3, 0.4) is 0 Å². The van der Waals surface area contributed by atoms with E-state index in [2.05, 4.69) is 25.8 Å². The fraction of sp³-hybridized carbons (Fsp3) is 0.909. The van der Waals surface area contributed by atoms with Gasteiger partial charge >= 0.3 is 0 Å². The molecule has 1 atom stereocenters. The molecule has 84 valence electrons. The van der Waals surface area contributed by atoms with E-state index in [1.54, 1.807) is 0 Å². The Morgan fingerprint density at radius 2 is 2.00 bits per heavy atom. The van der Waals surface area contributed by atoms with Crippen LogP contribution in [-0.2, 0) is 0 Å². The van der Waals surface area contributed by atoms with Crippen LogP contribution in [0.2, 0.25) is 0 Å². The molecule has 3 heteroatoms. The molecule has 0 aromatic heterocycles. The van der Waals surface area contributed by atoms with E-state index in [4.69, 9.17) is 11.1 Å². The van der Waals surface area contributed by atoms with Crippen molar-refractivity contribution in [3.63, 3.8) is 0 Å². The number of amidine groups is 1. The highest BCUT2D eigenvalue weighted by molar-refractivity contribution is 5.77. The van der Waals surface area contributed by atoms with Crippen LogP contribution in [0.5, 0.6) is 0 Å². The van der Waals surface area contributed by atoms with Gasteiger partial charge in [-0.1, -0.05) is 26.2 Å². The first-order valence-corrected chi connectivity index (χ1v) is 5.61. The molecule has 0 saturated heterocycles. The molecule has 0 heterocycles. The summed E-state index contributed by atoms with van der Waals surface area (Å²) < 4.78 is 0. The van der Waals surface area contributed by atoms with Gasteiger partial charge in [-0.2, -0.15) is 0 Å². The maximum atomic E-state index is 7.21. The minimum atomic E-state index is 0.290. The lowest BCUT2D eigenvalue weighted by molar-refractivity contribution is 0.256. The van der Waals surface area contributed by atoms with E-state index in [1.807, 2.05) is 0 Å². The predicted molar refractivity (Wildman–Crippen MR) is 62.8 cm³/mol. The van der Waals surface area contributed by atoms with E-state index in [0.717, 1.165) is 6.54 Å². The van der Waals surface area contributed by atoms with E-state index >= 15 is 0 Å². The minimum absolute atomic E-state index is 0.290. The van der Waals surface area contributed by atoms with Gasteiger partial charge in [-0.25, -0.2) is 0 Å². The first-order chi connectivity index (χ1) is 6.57. The molecule has 0 aromatic rings. The molecular formula is C11H25N3. The van der Waals surface area contributed by atoms with E-state index in [0.29, 0.717) is 12.5 Å². The Morgan fingerprint density at radius 3 is 2.50 bits per heavy atom. The fourth-order valence-corrected chi connectivity index (χ4v) is 1.48. The van der Waals surface area contributed by atoms with Crippen LogP contribution in [0.4, 0.5) is 0 Å². The molecule has 1 unspecified atom stereocenters. The van der Waals surface area contributed by atoms with E-state index in [9.17, 15) is 0 Å². The van der Waals surface area contributed by atoms with Crippen molar-refractivity contribution in [2.45, 2.75) is 52.0 Å². The zero-order valence-corrected chi connectivity index (χ0v) is 9.84. The quantitative estimate of drug-likeness (QED) is 0.358. The molecule has 0 saturated carbocycles. The molecule has 0 radical (unpaired) electrons. The first kappa shape index (κ1) is 13.4. The summed E-state index contributed by atoms with van der Waals surface area (Å²) in [5.41, 5.74) is 5.36. The van der Waals surface area contributed by atoms with Crippen molar-refractivity contribution in [1.82, 2.24) is 4.90 Å². The van der Waals surface area contributed by atoms with E-state index in [1.165, 1.54) is 25.7 Å². The highest BCUT2D eigenvalue weighted by Gasteiger charge is 2.09. The Bertz CT molecular complexity index is 157. The van der Waals surface area contributed by atoms with Gasteiger partial charge in [-0.05, 0) is 26.9 Å².